The maximum absolute atomic E-state index is 12.5. The second kappa shape index (κ2) is 6.04. The predicted molar refractivity (Wildman–Crippen MR) is 90.0 cm³/mol. The Balaban J connectivity index is 1.92. The molecule has 3 heterocycles. The number of aromatic nitrogens is 3. The maximum Gasteiger partial charge on any atom is 0.258 e. The van der Waals surface area contributed by atoms with Crippen molar-refractivity contribution in [3.63, 3.8) is 0 Å². The van der Waals surface area contributed by atoms with Crippen molar-refractivity contribution in [3.05, 3.63) is 71.4 Å². The van der Waals surface area contributed by atoms with Gasteiger partial charge in [0.25, 0.3) is 5.91 Å². The third kappa shape index (κ3) is 2.99. The molecular formula is C18H18N4O. The zero-order valence-corrected chi connectivity index (χ0v) is 13.4. The first kappa shape index (κ1) is 15.0. The average molecular weight is 306 g/mol. The highest BCUT2D eigenvalue weighted by atomic mass is 16.1. The largest absolute Gasteiger partial charge is 0.316 e. The molecule has 0 radical (unpaired) electrons. The summed E-state index contributed by atoms with van der Waals surface area (Å²) in [7, 11) is 0. The van der Waals surface area contributed by atoms with Gasteiger partial charge in [-0.25, -0.2) is 4.98 Å². The van der Waals surface area contributed by atoms with Gasteiger partial charge >= 0.3 is 0 Å². The molecule has 116 valence electrons. The highest BCUT2D eigenvalue weighted by molar-refractivity contribution is 6.05. The highest BCUT2D eigenvalue weighted by Crippen LogP contribution is 2.21. The minimum Gasteiger partial charge on any atom is -0.316 e. The fourth-order valence-electron chi connectivity index (χ4n) is 2.60. The van der Waals surface area contributed by atoms with Crippen molar-refractivity contribution < 1.29 is 4.79 Å². The Labute approximate surface area is 135 Å². The van der Waals surface area contributed by atoms with E-state index in [1.807, 2.05) is 49.6 Å². The summed E-state index contributed by atoms with van der Waals surface area (Å²) in [6, 6.07) is 9.45. The molecular weight excluding hydrogens is 288 g/mol. The fraction of sp³-hybridized carbons (Fsp3) is 0.167. The zero-order chi connectivity index (χ0) is 16.4. The second-order valence-electron chi connectivity index (χ2n) is 5.51. The van der Waals surface area contributed by atoms with E-state index in [9.17, 15) is 4.79 Å². The summed E-state index contributed by atoms with van der Waals surface area (Å²) in [6.07, 6.45) is 5.24. The molecule has 3 aromatic rings. The summed E-state index contributed by atoms with van der Waals surface area (Å²) in [5.74, 6) is 0.386. The number of aryl methyl sites for hydroxylation is 2. The standard InChI is InChI=1S/C18H18N4O/c1-12-6-7-17(20-10-12)21-18(23)16-9-13(2)22(14(16)3)15-5-4-8-19-11-15/h4-11H,1-3H3,(H,20,21,23). The van der Waals surface area contributed by atoms with Gasteiger partial charge in [0.15, 0.2) is 0 Å². The molecule has 0 bridgehead atoms. The topological polar surface area (TPSA) is 59.8 Å². The van der Waals surface area contributed by atoms with Crippen LogP contribution in [0.5, 0.6) is 0 Å². The van der Waals surface area contributed by atoms with E-state index in [4.69, 9.17) is 0 Å². The van der Waals surface area contributed by atoms with Crippen LogP contribution >= 0.6 is 0 Å². The molecule has 0 aliphatic rings. The van der Waals surface area contributed by atoms with Gasteiger partial charge in [-0.1, -0.05) is 6.07 Å². The molecule has 5 heteroatoms. The van der Waals surface area contributed by atoms with Crippen LogP contribution < -0.4 is 5.32 Å². The third-order valence-electron chi connectivity index (χ3n) is 3.73. The molecule has 0 aliphatic carbocycles. The van der Waals surface area contributed by atoms with Gasteiger partial charge in [0.2, 0.25) is 0 Å². The molecule has 0 aromatic carbocycles. The number of rotatable bonds is 3. The number of nitrogens with one attached hydrogen (secondary N) is 1. The minimum atomic E-state index is -0.162. The monoisotopic (exact) mass is 306 g/mol. The number of amides is 1. The molecule has 0 aliphatic heterocycles. The quantitative estimate of drug-likeness (QED) is 0.806. The van der Waals surface area contributed by atoms with E-state index in [1.54, 1.807) is 24.7 Å². The normalized spacial score (nSPS) is 10.6. The molecule has 0 spiro atoms. The Morgan fingerprint density at radius 3 is 2.61 bits per heavy atom. The second-order valence-corrected chi connectivity index (χ2v) is 5.51. The Bertz CT molecular complexity index is 835. The van der Waals surface area contributed by atoms with Crippen LogP contribution in [0.2, 0.25) is 0 Å². The van der Waals surface area contributed by atoms with E-state index in [2.05, 4.69) is 15.3 Å². The number of hydrogen-bond acceptors (Lipinski definition) is 3. The van der Waals surface area contributed by atoms with Crippen molar-refractivity contribution in [1.82, 2.24) is 14.5 Å². The summed E-state index contributed by atoms with van der Waals surface area (Å²) >= 11 is 0. The van der Waals surface area contributed by atoms with Crippen LogP contribution in [0.1, 0.15) is 27.3 Å². The molecule has 0 unspecified atom stereocenters. The van der Waals surface area contributed by atoms with Crippen molar-refractivity contribution >= 4 is 11.7 Å². The van der Waals surface area contributed by atoms with E-state index in [-0.39, 0.29) is 5.91 Å². The SMILES string of the molecule is Cc1ccc(NC(=O)c2cc(C)n(-c3cccnc3)c2C)nc1. The molecule has 1 amide bonds. The summed E-state index contributed by atoms with van der Waals surface area (Å²) in [5, 5.41) is 2.84. The number of carbonyl (C=O) groups excluding carboxylic acids is 1. The zero-order valence-electron chi connectivity index (χ0n) is 13.4. The molecule has 1 N–H and O–H groups in total. The number of nitrogens with zero attached hydrogens (tertiary/aromatic N) is 3. The van der Waals surface area contributed by atoms with Gasteiger partial charge < -0.3 is 9.88 Å². The van der Waals surface area contributed by atoms with Gasteiger partial charge in [-0.15, -0.1) is 0 Å². The van der Waals surface area contributed by atoms with E-state index in [1.165, 1.54) is 0 Å². The Morgan fingerprint density at radius 1 is 1.13 bits per heavy atom. The minimum absolute atomic E-state index is 0.162. The highest BCUT2D eigenvalue weighted by Gasteiger charge is 2.17. The van der Waals surface area contributed by atoms with Crippen molar-refractivity contribution in [1.29, 1.82) is 0 Å². The molecule has 23 heavy (non-hydrogen) atoms. The summed E-state index contributed by atoms with van der Waals surface area (Å²) < 4.78 is 2.02. The first-order valence-corrected chi connectivity index (χ1v) is 7.39. The number of anilines is 1. The van der Waals surface area contributed by atoms with Gasteiger partial charge in [0.05, 0.1) is 17.4 Å². The molecule has 0 fully saturated rings. The van der Waals surface area contributed by atoms with Crippen LogP contribution in [0.25, 0.3) is 5.69 Å². The lowest BCUT2D eigenvalue weighted by atomic mass is 10.2. The Morgan fingerprint density at radius 2 is 1.96 bits per heavy atom. The smallest absolute Gasteiger partial charge is 0.258 e. The van der Waals surface area contributed by atoms with Gasteiger partial charge in [-0.2, -0.15) is 0 Å². The van der Waals surface area contributed by atoms with Gasteiger partial charge in [0, 0.05) is 23.8 Å². The van der Waals surface area contributed by atoms with Crippen LogP contribution in [0, 0.1) is 20.8 Å². The Hall–Kier alpha value is -2.95. The molecule has 0 saturated heterocycles. The fourth-order valence-corrected chi connectivity index (χ4v) is 2.60. The number of carbonyl (C=O) groups is 1. The van der Waals surface area contributed by atoms with E-state index >= 15 is 0 Å². The van der Waals surface area contributed by atoms with E-state index in [0.29, 0.717) is 11.4 Å². The lowest BCUT2D eigenvalue weighted by Crippen LogP contribution is -2.14. The molecule has 0 atom stereocenters. The number of pyridine rings is 2. The van der Waals surface area contributed by atoms with Crippen LogP contribution in [-0.4, -0.2) is 20.4 Å². The van der Waals surface area contributed by atoms with Gasteiger partial charge in [-0.05, 0) is 50.6 Å². The molecule has 5 nitrogen and oxygen atoms in total. The lowest BCUT2D eigenvalue weighted by molar-refractivity contribution is 0.102. The van der Waals surface area contributed by atoms with Crippen molar-refractivity contribution in [2.24, 2.45) is 0 Å². The van der Waals surface area contributed by atoms with Crippen LogP contribution in [0.15, 0.2) is 48.9 Å². The average Bonchev–Trinajstić information content (AvgIpc) is 2.85. The summed E-state index contributed by atoms with van der Waals surface area (Å²) in [5.41, 5.74) is 4.49. The first-order valence-electron chi connectivity index (χ1n) is 7.39. The molecule has 3 rings (SSSR count). The van der Waals surface area contributed by atoms with Crippen molar-refractivity contribution in [2.45, 2.75) is 20.8 Å². The van der Waals surface area contributed by atoms with E-state index < -0.39 is 0 Å². The third-order valence-corrected chi connectivity index (χ3v) is 3.73. The lowest BCUT2D eigenvalue weighted by Gasteiger charge is -2.09. The van der Waals surface area contributed by atoms with E-state index in [0.717, 1.165) is 22.6 Å². The van der Waals surface area contributed by atoms with Crippen molar-refractivity contribution in [3.8, 4) is 5.69 Å². The summed E-state index contributed by atoms with van der Waals surface area (Å²) in [4.78, 5) is 20.9. The molecule has 0 saturated carbocycles. The summed E-state index contributed by atoms with van der Waals surface area (Å²) in [6.45, 7) is 5.86. The Kier molecular flexibility index (Phi) is 3.93. The number of hydrogen-bond donors (Lipinski definition) is 1. The van der Waals surface area contributed by atoms with Gasteiger partial charge in [0.1, 0.15) is 5.82 Å². The van der Waals surface area contributed by atoms with Crippen LogP contribution in [0.3, 0.4) is 0 Å². The van der Waals surface area contributed by atoms with Gasteiger partial charge in [-0.3, -0.25) is 9.78 Å². The molecule has 3 aromatic heterocycles. The maximum atomic E-state index is 12.5. The van der Waals surface area contributed by atoms with Crippen molar-refractivity contribution in [2.75, 3.05) is 5.32 Å². The van der Waals surface area contributed by atoms with Crippen LogP contribution in [-0.2, 0) is 0 Å². The van der Waals surface area contributed by atoms with Crippen LogP contribution in [0.4, 0.5) is 5.82 Å². The predicted octanol–water partition coefficient (Wildman–Crippen LogP) is 3.44. The first-order chi connectivity index (χ1) is 11.1.